The zero-order valence-corrected chi connectivity index (χ0v) is 14.4. The van der Waals surface area contributed by atoms with E-state index in [-0.39, 0.29) is 17.4 Å². The lowest BCUT2D eigenvalue weighted by atomic mass is 9.93. The molecule has 2 aromatic heterocycles. The molecule has 132 valence electrons. The molecule has 0 saturated carbocycles. The van der Waals surface area contributed by atoms with Crippen LogP contribution in [-0.4, -0.2) is 70.2 Å². The molecule has 0 aromatic carbocycles. The fraction of sp³-hybridized carbons (Fsp3) is 0.471. The van der Waals surface area contributed by atoms with Crippen LogP contribution in [0.15, 0.2) is 35.2 Å². The number of hydrogen-bond donors (Lipinski definition) is 0. The number of likely N-dealkylation sites (N-methyl/N-ethyl adjacent to an activating group) is 1. The predicted molar refractivity (Wildman–Crippen MR) is 90.2 cm³/mol. The average molecular weight is 343 g/mol. The second-order valence-corrected chi connectivity index (χ2v) is 6.89. The first-order chi connectivity index (χ1) is 12.0. The van der Waals surface area contributed by atoms with Crippen LogP contribution in [0.2, 0.25) is 0 Å². The van der Waals surface area contributed by atoms with Crippen molar-refractivity contribution in [3.05, 3.63) is 36.5 Å². The van der Waals surface area contributed by atoms with Gasteiger partial charge in [0, 0.05) is 32.9 Å². The summed E-state index contributed by atoms with van der Waals surface area (Å²) in [5, 5.41) is 4.17. The van der Waals surface area contributed by atoms with E-state index in [0.29, 0.717) is 31.9 Å². The smallest absolute Gasteiger partial charge is 0.289 e. The third-order valence-electron chi connectivity index (χ3n) is 5.29. The number of hydrogen-bond acceptors (Lipinski definition) is 5. The second-order valence-electron chi connectivity index (χ2n) is 6.89. The molecule has 0 bridgehead atoms. The Balaban J connectivity index is 1.56. The number of nitrogens with zero attached hydrogens (tertiary/aromatic N) is 5. The molecule has 4 heterocycles. The number of rotatable bonds is 2. The summed E-state index contributed by atoms with van der Waals surface area (Å²) in [5.74, 6) is 0.313. The molecule has 8 nitrogen and oxygen atoms in total. The minimum atomic E-state index is -0.244. The van der Waals surface area contributed by atoms with Gasteiger partial charge in [0.25, 0.3) is 5.91 Å². The largest absolute Gasteiger partial charge is 0.459 e. The Bertz CT molecular complexity index is 799. The second kappa shape index (κ2) is 5.73. The number of aromatic nitrogens is 2. The first-order valence-corrected chi connectivity index (χ1v) is 8.32. The molecule has 2 fully saturated rings. The maximum absolute atomic E-state index is 12.6. The molecule has 4 rings (SSSR count). The van der Waals surface area contributed by atoms with Crippen LogP contribution in [0.3, 0.4) is 0 Å². The summed E-state index contributed by atoms with van der Waals surface area (Å²) < 4.78 is 6.93. The normalized spacial score (nSPS) is 24.5. The highest BCUT2D eigenvalue weighted by atomic mass is 16.3. The maximum atomic E-state index is 12.6. The van der Waals surface area contributed by atoms with Crippen molar-refractivity contribution < 1.29 is 14.0 Å². The van der Waals surface area contributed by atoms with Gasteiger partial charge in [-0.1, -0.05) is 0 Å². The Morgan fingerprint density at radius 2 is 2.16 bits per heavy atom. The van der Waals surface area contributed by atoms with Crippen LogP contribution < -0.4 is 4.90 Å². The van der Waals surface area contributed by atoms with E-state index in [2.05, 4.69) is 10.00 Å². The van der Waals surface area contributed by atoms with Gasteiger partial charge in [0.05, 0.1) is 30.2 Å². The molecule has 2 amide bonds. The van der Waals surface area contributed by atoms with Crippen LogP contribution in [0.1, 0.15) is 17.0 Å². The molecule has 2 aromatic rings. The topological polar surface area (TPSA) is 74.8 Å². The summed E-state index contributed by atoms with van der Waals surface area (Å²) in [7, 11) is 3.79. The van der Waals surface area contributed by atoms with E-state index in [1.807, 2.05) is 25.2 Å². The Kier molecular flexibility index (Phi) is 3.64. The summed E-state index contributed by atoms with van der Waals surface area (Å²) in [6, 6.07) is 3.40. The molecule has 1 spiro atoms. The van der Waals surface area contributed by atoms with Crippen molar-refractivity contribution >= 4 is 17.5 Å². The number of aryl methyl sites for hydroxylation is 1. The third kappa shape index (κ3) is 2.62. The highest BCUT2D eigenvalue weighted by Crippen LogP contribution is 2.33. The van der Waals surface area contributed by atoms with Gasteiger partial charge in [-0.15, -0.1) is 0 Å². The monoisotopic (exact) mass is 343 g/mol. The Labute approximate surface area is 145 Å². The highest BCUT2D eigenvalue weighted by molar-refractivity contribution is 5.96. The number of furan rings is 1. The minimum absolute atomic E-state index is 0.0527. The van der Waals surface area contributed by atoms with E-state index in [4.69, 9.17) is 4.42 Å². The molecule has 0 radical (unpaired) electrons. The number of carbonyl (C=O) groups excluding carboxylic acids is 2. The van der Waals surface area contributed by atoms with Gasteiger partial charge in [0.1, 0.15) is 0 Å². The molecule has 2 saturated heterocycles. The zero-order chi connectivity index (χ0) is 17.6. The van der Waals surface area contributed by atoms with Crippen LogP contribution >= 0.6 is 0 Å². The third-order valence-corrected chi connectivity index (χ3v) is 5.29. The molecule has 2 aliphatic heterocycles. The van der Waals surface area contributed by atoms with Crippen LogP contribution in [0.5, 0.6) is 0 Å². The molecule has 2 aliphatic rings. The van der Waals surface area contributed by atoms with E-state index in [0.717, 1.165) is 12.1 Å². The summed E-state index contributed by atoms with van der Waals surface area (Å²) in [4.78, 5) is 30.8. The van der Waals surface area contributed by atoms with Crippen molar-refractivity contribution in [2.75, 3.05) is 38.1 Å². The molecule has 0 N–H and O–H groups in total. The van der Waals surface area contributed by atoms with Gasteiger partial charge in [-0.3, -0.25) is 19.2 Å². The standard InChI is InChI=1S/C17H21N5O3/c1-19-10-15(23)22(13-8-18-20(2)9-13)12-17(19)5-6-21(11-17)16(24)14-4-3-7-25-14/h3-4,7-9H,5-6,10-12H2,1-2H3. The van der Waals surface area contributed by atoms with Crippen molar-refractivity contribution in [3.63, 3.8) is 0 Å². The van der Waals surface area contributed by atoms with E-state index in [1.165, 1.54) is 6.26 Å². The Morgan fingerprint density at radius 3 is 2.84 bits per heavy atom. The number of amides is 2. The number of piperazine rings is 1. The minimum Gasteiger partial charge on any atom is -0.459 e. The van der Waals surface area contributed by atoms with Crippen molar-refractivity contribution in [2.24, 2.45) is 7.05 Å². The van der Waals surface area contributed by atoms with Gasteiger partial charge >= 0.3 is 0 Å². The van der Waals surface area contributed by atoms with Crippen LogP contribution in [0, 0.1) is 0 Å². The number of anilines is 1. The van der Waals surface area contributed by atoms with E-state index >= 15 is 0 Å². The van der Waals surface area contributed by atoms with Crippen molar-refractivity contribution in [3.8, 4) is 0 Å². The molecule has 1 atom stereocenters. The summed E-state index contributed by atoms with van der Waals surface area (Å²) in [5.41, 5.74) is 0.558. The molecule has 8 heteroatoms. The van der Waals surface area contributed by atoms with Gasteiger partial charge in [-0.25, -0.2) is 0 Å². The lowest BCUT2D eigenvalue weighted by Crippen LogP contribution is -2.64. The van der Waals surface area contributed by atoms with Crippen LogP contribution in [-0.2, 0) is 11.8 Å². The van der Waals surface area contributed by atoms with E-state index < -0.39 is 0 Å². The molecule has 0 aliphatic carbocycles. The van der Waals surface area contributed by atoms with Crippen molar-refractivity contribution in [1.29, 1.82) is 0 Å². The van der Waals surface area contributed by atoms with Gasteiger partial charge < -0.3 is 14.2 Å². The van der Waals surface area contributed by atoms with E-state index in [9.17, 15) is 9.59 Å². The first-order valence-electron chi connectivity index (χ1n) is 8.32. The quantitative estimate of drug-likeness (QED) is 0.797. The van der Waals surface area contributed by atoms with Gasteiger partial charge in [-0.2, -0.15) is 5.10 Å². The maximum Gasteiger partial charge on any atom is 0.289 e. The predicted octanol–water partition coefficient (Wildman–Crippen LogP) is 0.576. The molecular weight excluding hydrogens is 322 g/mol. The van der Waals surface area contributed by atoms with E-state index in [1.54, 1.807) is 27.9 Å². The van der Waals surface area contributed by atoms with Crippen molar-refractivity contribution in [1.82, 2.24) is 19.6 Å². The summed E-state index contributed by atoms with van der Waals surface area (Å²) in [6.07, 6.45) is 5.88. The van der Waals surface area contributed by atoms with Crippen molar-refractivity contribution in [2.45, 2.75) is 12.0 Å². The lowest BCUT2D eigenvalue weighted by molar-refractivity contribution is -0.123. The Hall–Kier alpha value is -2.61. The Morgan fingerprint density at radius 1 is 1.32 bits per heavy atom. The molecular formula is C17H21N5O3. The zero-order valence-electron chi connectivity index (χ0n) is 14.4. The fourth-order valence-corrected chi connectivity index (χ4v) is 3.77. The first kappa shape index (κ1) is 15.9. The van der Waals surface area contributed by atoms with Crippen LogP contribution in [0.25, 0.3) is 0 Å². The fourth-order valence-electron chi connectivity index (χ4n) is 3.77. The van der Waals surface area contributed by atoms with Gasteiger partial charge in [-0.05, 0) is 25.6 Å². The highest BCUT2D eigenvalue weighted by Gasteiger charge is 2.49. The number of carbonyl (C=O) groups is 2. The van der Waals surface area contributed by atoms with Crippen LogP contribution in [0.4, 0.5) is 5.69 Å². The average Bonchev–Trinajstić information content (AvgIpc) is 3.32. The van der Waals surface area contributed by atoms with Gasteiger partial charge in [0.15, 0.2) is 5.76 Å². The summed E-state index contributed by atoms with van der Waals surface area (Å²) in [6.45, 7) is 2.11. The molecule has 25 heavy (non-hydrogen) atoms. The molecule has 1 unspecified atom stereocenters. The lowest BCUT2D eigenvalue weighted by Gasteiger charge is -2.46. The summed E-state index contributed by atoms with van der Waals surface area (Å²) >= 11 is 0. The van der Waals surface area contributed by atoms with Gasteiger partial charge in [0.2, 0.25) is 5.91 Å². The SMILES string of the molecule is CN1CC(=O)N(c2cnn(C)c2)CC12CCN(C(=O)c1ccco1)C2. The number of likely N-dealkylation sites (tertiary alicyclic amines) is 1.